The predicted octanol–water partition coefficient (Wildman–Crippen LogP) is 6.47. The molecular formula is C20H12OS. The highest BCUT2D eigenvalue weighted by Gasteiger charge is 2.07. The lowest BCUT2D eigenvalue weighted by molar-refractivity contribution is 0.616. The second kappa shape index (κ2) is 4.46. The molecule has 2 heterocycles. The van der Waals surface area contributed by atoms with E-state index < -0.39 is 0 Å². The van der Waals surface area contributed by atoms with Gasteiger partial charge in [0.25, 0.3) is 0 Å². The molecule has 0 fully saturated rings. The molecule has 104 valence electrons. The van der Waals surface area contributed by atoms with Crippen molar-refractivity contribution in [3.05, 3.63) is 73.0 Å². The summed E-state index contributed by atoms with van der Waals surface area (Å²) in [6, 6.07) is 23.7. The molecule has 0 radical (unpaired) electrons. The number of hydrogen-bond donors (Lipinski definition) is 0. The van der Waals surface area contributed by atoms with E-state index in [0.29, 0.717) is 0 Å². The summed E-state index contributed by atoms with van der Waals surface area (Å²) in [7, 11) is 0. The number of furan rings is 1. The molecular weight excluding hydrogens is 288 g/mol. The monoisotopic (exact) mass is 300 g/mol. The van der Waals surface area contributed by atoms with Crippen LogP contribution in [-0.2, 0) is 0 Å². The van der Waals surface area contributed by atoms with E-state index in [0.717, 1.165) is 11.0 Å². The lowest BCUT2D eigenvalue weighted by atomic mass is 10.0. The molecule has 2 heteroatoms. The minimum absolute atomic E-state index is 0.936. The molecule has 0 aliphatic heterocycles. The Kier molecular flexibility index (Phi) is 2.43. The molecule has 0 bridgehead atoms. The van der Waals surface area contributed by atoms with E-state index in [2.05, 4.69) is 54.6 Å². The zero-order chi connectivity index (χ0) is 14.5. The third-order valence-electron chi connectivity index (χ3n) is 4.16. The minimum Gasteiger partial charge on any atom is -0.464 e. The maximum absolute atomic E-state index is 5.43. The number of benzene rings is 3. The fraction of sp³-hybridized carbons (Fsp3) is 0. The van der Waals surface area contributed by atoms with Gasteiger partial charge in [-0.25, -0.2) is 0 Å². The van der Waals surface area contributed by atoms with Gasteiger partial charge < -0.3 is 4.42 Å². The molecule has 0 saturated carbocycles. The number of thiophene rings is 1. The molecule has 0 amide bonds. The van der Waals surface area contributed by atoms with Gasteiger partial charge in [-0.05, 0) is 47.5 Å². The van der Waals surface area contributed by atoms with Crippen LogP contribution in [0.3, 0.4) is 0 Å². The Balaban J connectivity index is 1.78. The molecule has 0 atom stereocenters. The molecule has 3 aromatic carbocycles. The van der Waals surface area contributed by atoms with Crippen molar-refractivity contribution in [1.29, 1.82) is 0 Å². The summed E-state index contributed by atoms with van der Waals surface area (Å²) >= 11 is 1.85. The standard InChI is InChI=1S/C20H12OS/c1-2-4-19-16(3-1)17-12-14(6-8-20(17)22-19)13-5-7-18-15(11-13)9-10-21-18/h1-12H. The van der Waals surface area contributed by atoms with Crippen LogP contribution in [0.25, 0.3) is 42.3 Å². The number of hydrogen-bond acceptors (Lipinski definition) is 2. The van der Waals surface area contributed by atoms with Crippen LogP contribution >= 0.6 is 11.3 Å². The van der Waals surface area contributed by atoms with Crippen molar-refractivity contribution < 1.29 is 4.42 Å². The maximum atomic E-state index is 5.43. The third kappa shape index (κ3) is 1.71. The maximum Gasteiger partial charge on any atom is 0.133 e. The molecule has 0 aliphatic carbocycles. The topological polar surface area (TPSA) is 13.1 Å². The summed E-state index contributed by atoms with van der Waals surface area (Å²) in [5.41, 5.74) is 3.41. The fourth-order valence-corrected chi connectivity index (χ4v) is 4.14. The van der Waals surface area contributed by atoms with Crippen molar-refractivity contribution in [2.75, 3.05) is 0 Å². The Morgan fingerprint density at radius 3 is 2.50 bits per heavy atom. The lowest BCUT2D eigenvalue weighted by Gasteiger charge is -2.02. The average Bonchev–Trinajstić information content (AvgIpc) is 3.17. The van der Waals surface area contributed by atoms with Gasteiger partial charge in [0.2, 0.25) is 0 Å². The molecule has 22 heavy (non-hydrogen) atoms. The Morgan fingerprint density at radius 1 is 0.682 bits per heavy atom. The van der Waals surface area contributed by atoms with Crippen LogP contribution in [0, 0.1) is 0 Å². The first-order valence-corrected chi connectivity index (χ1v) is 8.09. The highest BCUT2D eigenvalue weighted by molar-refractivity contribution is 7.25. The first-order valence-electron chi connectivity index (χ1n) is 7.27. The summed E-state index contributed by atoms with van der Waals surface area (Å²) in [5, 5.41) is 3.83. The average molecular weight is 300 g/mol. The summed E-state index contributed by atoms with van der Waals surface area (Å²) in [4.78, 5) is 0. The third-order valence-corrected chi connectivity index (χ3v) is 5.31. The Bertz CT molecular complexity index is 1130. The van der Waals surface area contributed by atoms with Crippen molar-refractivity contribution in [3.8, 4) is 11.1 Å². The molecule has 2 aromatic heterocycles. The van der Waals surface area contributed by atoms with Crippen LogP contribution in [0.5, 0.6) is 0 Å². The summed E-state index contributed by atoms with van der Waals surface area (Å²) < 4.78 is 8.12. The van der Waals surface area contributed by atoms with Gasteiger partial charge in [0.15, 0.2) is 0 Å². The summed E-state index contributed by atoms with van der Waals surface area (Å²) in [6.07, 6.45) is 1.74. The van der Waals surface area contributed by atoms with E-state index in [9.17, 15) is 0 Å². The highest BCUT2D eigenvalue weighted by Crippen LogP contribution is 2.36. The van der Waals surface area contributed by atoms with Crippen molar-refractivity contribution in [3.63, 3.8) is 0 Å². The van der Waals surface area contributed by atoms with Crippen LogP contribution < -0.4 is 0 Å². The largest absolute Gasteiger partial charge is 0.464 e. The number of rotatable bonds is 1. The zero-order valence-corrected chi connectivity index (χ0v) is 12.6. The smallest absolute Gasteiger partial charge is 0.133 e. The molecule has 0 saturated heterocycles. The first-order chi connectivity index (χ1) is 10.9. The van der Waals surface area contributed by atoms with Gasteiger partial charge >= 0.3 is 0 Å². The SMILES string of the molecule is c1ccc2c(c1)sc1ccc(-c3ccc4occc4c3)cc12. The van der Waals surface area contributed by atoms with Gasteiger partial charge in [0, 0.05) is 25.6 Å². The van der Waals surface area contributed by atoms with Gasteiger partial charge in [0.05, 0.1) is 6.26 Å². The van der Waals surface area contributed by atoms with Gasteiger partial charge in [0.1, 0.15) is 5.58 Å². The zero-order valence-electron chi connectivity index (χ0n) is 11.7. The lowest BCUT2D eigenvalue weighted by Crippen LogP contribution is -1.77. The number of fused-ring (bicyclic) bond motifs is 4. The quantitative estimate of drug-likeness (QED) is 0.346. The van der Waals surface area contributed by atoms with E-state index in [4.69, 9.17) is 4.42 Å². The van der Waals surface area contributed by atoms with E-state index in [-0.39, 0.29) is 0 Å². The van der Waals surface area contributed by atoms with E-state index in [1.165, 1.54) is 31.3 Å². The first kappa shape index (κ1) is 12.0. The van der Waals surface area contributed by atoms with Crippen LogP contribution in [-0.4, -0.2) is 0 Å². The van der Waals surface area contributed by atoms with E-state index >= 15 is 0 Å². The van der Waals surface area contributed by atoms with Crippen LogP contribution in [0.4, 0.5) is 0 Å². The predicted molar refractivity (Wildman–Crippen MR) is 94.5 cm³/mol. The highest BCUT2D eigenvalue weighted by atomic mass is 32.1. The Morgan fingerprint density at radius 2 is 1.50 bits per heavy atom. The van der Waals surface area contributed by atoms with Gasteiger partial charge in [-0.15, -0.1) is 11.3 Å². The van der Waals surface area contributed by atoms with Crippen LogP contribution in [0.2, 0.25) is 0 Å². The normalized spacial score (nSPS) is 11.6. The minimum atomic E-state index is 0.936. The molecule has 5 aromatic rings. The van der Waals surface area contributed by atoms with Crippen molar-refractivity contribution in [2.45, 2.75) is 0 Å². The van der Waals surface area contributed by atoms with Crippen LogP contribution in [0.1, 0.15) is 0 Å². The van der Waals surface area contributed by atoms with Gasteiger partial charge in [-0.2, -0.15) is 0 Å². The Hall–Kier alpha value is -2.58. The molecule has 0 N–H and O–H groups in total. The Labute approximate surface area is 131 Å². The molecule has 0 aliphatic rings. The van der Waals surface area contributed by atoms with Gasteiger partial charge in [-0.1, -0.05) is 30.3 Å². The van der Waals surface area contributed by atoms with Gasteiger partial charge in [-0.3, -0.25) is 0 Å². The van der Waals surface area contributed by atoms with Crippen molar-refractivity contribution in [1.82, 2.24) is 0 Å². The fourth-order valence-electron chi connectivity index (χ4n) is 3.05. The molecule has 0 spiro atoms. The van der Waals surface area contributed by atoms with Crippen LogP contribution in [0.15, 0.2) is 77.4 Å². The van der Waals surface area contributed by atoms with Crippen molar-refractivity contribution >= 4 is 42.5 Å². The second-order valence-electron chi connectivity index (χ2n) is 5.48. The second-order valence-corrected chi connectivity index (χ2v) is 6.57. The van der Waals surface area contributed by atoms with E-state index in [1.807, 2.05) is 23.5 Å². The van der Waals surface area contributed by atoms with Crippen molar-refractivity contribution in [2.24, 2.45) is 0 Å². The molecule has 1 nitrogen and oxygen atoms in total. The summed E-state index contributed by atoms with van der Waals surface area (Å²) in [5.74, 6) is 0. The molecule has 5 rings (SSSR count). The molecule has 0 unspecified atom stereocenters. The summed E-state index contributed by atoms with van der Waals surface area (Å²) in [6.45, 7) is 0. The van der Waals surface area contributed by atoms with E-state index in [1.54, 1.807) is 6.26 Å².